The molecule has 0 radical (unpaired) electrons. The molecule has 0 aromatic heterocycles. The first-order valence-electron chi connectivity index (χ1n) is 7.43. The summed E-state index contributed by atoms with van der Waals surface area (Å²) in [7, 11) is 1.46. The Morgan fingerprint density at radius 3 is 2.33 bits per heavy atom. The van der Waals surface area contributed by atoms with Crippen LogP contribution in [0.25, 0.3) is 0 Å². The van der Waals surface area contributed by atoms with Crippen molar-refractivity contribution < 1.29 is 14.3 Å². The number of hydrogen-bond acceptors (Lipinski definition) is 3. The minimum atomic E-state index is -0.797. The molecule has 0 aliphatic carbocycles. The van der Waals surface area contributed by atoms with Crippen LogP contribution in [0.5, 0.6) is 0 Å². The molecule has 0 aliphatic heterocycles. The number of primary amides is 1. The molecule has 24 heavy (non-hydrogen) atoms. The van der Waals surface area contributed by atoms with Crippen LogP contribution in [0, 0.1) is 3.57 Å². The van der Waals surface area contributed by atoms with Crippen LogP contribution in [0.15, 0.2) is 54.6 Å². The van der Waals surface area contributed by atoms with Crippen molar-refractivity contribution in [2.45, 2.75) is 18.6 Å². The van der Waals surface area contributed by atoms with Crippen LogP contribution in [0.2, 0.25) is 0 Å². The zero-order valence-corrected chi connectivity index (χ0v) is 15.4. The Hall–Kier alpha value is -1.93. The van der Waals surface area contributed by atoms with Crippen LogP contribution in [0.4, 0.5) is 0 Å². The van der Waals surface area contributed by atoms with Crippen LogP contribution in [0.3, 0.4) is 0 Å². The molecular weight excluding hydrogens is 419 g/mol. The van der Waals surface area contributed by atoms with Crippen LogP contribution in [0.1, 0.15) is 17.2 Å². The number of rotatable bonds is 7. The van der Waals surface area contributed by atoms with Crippen LogP contribution in [-0.2, 0) is 20.7 Å². The molecule has 2 amide bonds. The van der Waals surface area contributed by atoms with Crippen molar-refractivity contribution in [3.05, 3.63) is 69.3 Å². The number of nitrogens with one attached hydrogen (secondary N) is 1. The van der Waals surface area contributed by atoms with Crippen molar-refractivity contribution in [1.29, 1.82) is 0 Å². The van der Waals surface area contributed by atoms with Crippen molar-refractivity contribution in [2.24, 2.45) is 5.73 Å². The van der Waals surface area contributed by atoms with E-state index in [9.17, 15) is 9.59 Å². The lowest BCUT2D eigenvalue weighted by molar-refractivity contribution is -0.134. The second-order valence-electron chi connectivity index (χ2n) is 5.29. The maximum atomic E-state index is 12.5. The number of ether oxygens (including phenoxy) is 1. The summed E-state index contributed by atoms with van der Waals surface area (Å²) in [5.41, 5.74) is 7.14. The standard InChI is InChI=1S/C18H19IN2O3/c1-24-16(12-7-3-2-4-8-12)18(23)21-15(17(20)22)11-13-9-5-6-10-14(13)19/h2-10,15-16H,11H2,1H3,(H2,20,22)(H,21,23)/t15-,16-/m1/s1. The minimum absolute atomic E-state index is 0.339. The van der Waals surface area contributed by atoms with E-state index in [2.05, 4.69) is 27.9 Å². The summed E-state index contributed by atoms with van der Waals surface area (Å²) in [6.07, 6.45) is -0.450. The molecule has 0 bridgehead atoms. The first-order valence-corrected chi connectivity index (χ1v) is 8.51. The van der Waals surface area contributed by atoms with Gasteiger partial charge < -0.3 is 15.8 Å². The van der Waals surface area contributed by atoms with Gasteiger partial charge in [-0.2, -0.15) is 0 Å². The van der Waals surface area contributed by atoms with Crippen LogP contribution in [-0.4, -0.2) is 25.0 Å². The molecule has 0 saturated carbocycles. The summed E-state index contributed by atoms with van der Waals surface area (Å²) < 4.78 is 6.30. The normalized spacial score (nSPS) is 13.1. The van der Waals surface area contributed by atoms with Gasteiger partial charge in [-0.1, -0.05) is 48.5 Å². The summed E-state index contributed by atoms with van der Waals surface area (Å²) in [4.78, 5) is 24.3. The Labute approximate surface area is 154 Å². The van der Waals surface area contributed by atoms with Gasteiger partial charge in [0, 0.05) is 17.1 Å². The fourth-order valence-electron chi connectivity index (χ4n) is 2.38. The van der Waals surface area contributed by atoms with Gasteiger partial charge in [0.25, 0.3) is 5.91 Å². The van der Waals surface area contributed by atoms with E-state index >= 15 is 0 Å². The predicted molar refractivity (Wildman–Crippen MR) is 100 cm³/mol. The summed E-state index contributed by atoms with van der Waals surface area (Å²) in [6.45, 7) is 0. The first kappa shape index (κ1) is 18.4. The third kappa shape index (κ3) is 4.78. The summed E-state index contributed by atoms with van der Waals surface area (Å²) >= 11 is 2.19. The lowest BCUT2D eigenvalue weighted by Crippen LogP contribution is -2.47. The molecule has 0 unspecified atom stereocenters. The van der Waals surface area contributed by atoms with E-state index in [0.717, 1.165) is 14.7 Å². The zero-order chi connectivity index (χ0) is 17.5. The Balaban J connectivity index is 2.13. The monoisotopic (exact) mass is 438 g/mol. The molecule has 126 valence electrons. The number of benzene rings is 2. The number of halogens is 1. The molecule has 2 rings (SSSR count). The maximum Gasteiger partial charge on any atom is 0.254 e. The van der Waals surface area contributed by atoms with E-state index in [1.54, 1.807) is 12.1 Å². The molecule has 0 fully saturated rings. The van der Waals surface area contributed by atoms with Gasteiger partial charge in [-0.05, 0) is 39.8 Å². The van der Waals surface area contributed by atoms with E-state index < -0.39 is 24.0 Å². The Morgan fingerprint density at radius 1 is 1.12 bits per heavy atom. The highest BCUT2D eigenvalue weighted by molar-refractivity contribution is 14.1. The minimum Gasteiger partial charge on any atom is -0.368 e. The second-order valence-corrected chi connectivity index (χ2v) is 6.45. The highest BCUT2D eigenvalue weighted by atomic mass is 127. The molecular formula is C18H19IN2O3. The topological polar surface area (TPSA) is 81.4 Å². The molecule has 0 spiro atoms. The highest BCUT2D eigenvalue weighted by Crippen LogP contribution is 2.18. The van der Waals surface area contributed by atoms with Crippen molar-refractivity contribution in [3.63, 3.8) is 0 Å². The number of carbonyl (C=O) groups is 2. The Bertz CT molecular complexity index is 706. The van der Waals surface area contributed by atoms with Gasteiger partial charge >= 0.3 is 0 Å². The average Bonchev–Trinajstić information content (AvgIpc) is 2.57. The van der Waals surface area contributed by atoms with Gasteiger partial charge in [0.15, 0.2) is 6.10 Å². The van der Waals surface area contributed by atoms with Crippen LogP contribution < -0.4 is 11.1 Å². The Kier molecular flexibility index (Phi) is 6.74. The zero-order valence-electron chi connectivity index (χ0n) is 13.2. The fraction of sp³-hybridized carbons (Fsp3) is 0.222. The van der Waals surface area contributed by atoms with Gasteiger partial charge in [-0.25, -0.2) is 0 Å². The molecule has 3 N–H and O–H groups in total. The molecule has 0 saturated heterocycles. The molecule has 2 atom stereocenters. The van der Waals surface area contributed by atoms with Crippen molar-refractivity contribution >= 4 is 34.4 Å². The Morgan fingerprint density at radius 2 is 1.75 bits per heavy atom. The number of amides is 2. The number of nitrogens with two attached hydrogens (primary N) is 1. The second kappa shape index (κ2) is 8.79. The van der Waals surface area contributed by atoms with Crippen molar-refractivity contribution in [2.75, 3.05) is 7.11 Å². The molecule has 0 heterocycles. The van der Waals surface area contributed by atoms with Gasteiger partial charge in [0.1, 0.15) is 6.04 Å². The van der Waals surface area contributed by atoms with Gasteiger partial charge in [0.05, 0.1) is 0 Å². The van der Waals surface area contributed by atoms with Gasteiger partial charge in [-0.3, -0.25) is 9.59 Å². The molecule has 5 nitrogen and oxygen atoms in total. The van der Waals surface area contributed by atoms with Crippen molar-refractivity contribution in [1.82, 2.24) is 5.32 Å². The third-order valence-electron chi connectivity index (χ3n) is 3.62. The maximum absolute atomic E-state index is 12.5. The average molecular weight is 438 g/mol. The van der Waals surface area contributed by atoms with E-state index in [-0.39, 0.29) is 0 Å². The highest BCUT2D eigenvalue weighted by Gasteiger charge is 2.25. The molecule has 0 aliphatic rings. The predicted octanol–water partition coefficient (Wildman–Crippen LogP) is 2.19. The smallest absolute Gasteiger partial charge is 0.254 e. The third-order valence-corrected chi connectivity index (χ3v) is 4.67. The largest absolute Gasteiger partial charge is 0.368 e. The molecule has 6 heteroatoms. The van der Waals surface area contributed by atoms with Crippen LogP contribution >= 0.6 is 22.6 Å². The molecule has 2 aromatic rings. The lowest BCUT2D eigenvalue weighted by atomic mass is 10.0. The van der Waals surface area contributed by atoms with E-state index in [0.29, 0.717) is 6.42 Å². The summed E-state index contributed by atoms with van der Waals surface area (Å²) in [5.74, 6) is -0.968. The molecule has 2 aromatic carbocycles. The SMILES string of the molecule is CO[C@@H](C(=O)N[C@H](Cc1ccccc1I)C(N)=O)c1ccccc1. The lowest BCUT2D eigenvalue weighted by Gasteiger charge is -2.21. The van der Waals surface area contributed by atoms with Crippen molar-refractivity contribution in [3.8, 4) is 0 Å². The number of hydrogen-bond donors (Lipinski definition) is 2. The summed E-state index contributed by atoms with van der Waals surface area (Å²) in [5, 5.41) is 2.70. The quantitative estimate of drug-likeness (QED) is 0.651. The first-order chi connectivity index (χ1) is 11.5. The fourth-order valence-corrected chi connectivity index (χ4v) is 2.98. The van der Waals surface area contributed by atoms with E-state index in [1.165, 1.54) is 7.11 Å². The van der Waals surface area contributed by atoms with E-state index in [4.69, 9.17) is 10.5 Å². The number of carbonyl (C=O) groups excluding carboxylic acids is 2. The van der Waals surface area contributed by atoms with Gasteiger partial charge in [0.2, 0.25) is 5.91 Å². The number of methoxy groups -OCH3 is 1. The van der Waals surface area contributed by atoms with E-state index in [1.807, 2.05) is 42.5 Å². The van der Waals surface area contributed by atoms with Gasteiger partial charge in [-0.15, -0.1) is 0 Å². The summed E-state index contributed by atoms with van der Waals surface area (Å²) in [6, 6.07) is 16.0.